The number of fused-ring (bicyclic) bond motifs is 1. The monoisotopic (exact) mass is 213 g/mol. The van der Waals surface area contributed by atoms with E-state index in [4.69, 9.17) is 10.00 Å². The van der Waals surface area contributed by atoms with Crippen LogP contribution in [0.1, 0.15) is 5.56 Å². The topological polar surface area (TPSA) is 53.2 Å². The number of aromatic hydroxyl groups is 1. The second-order valence-electron chi connectivity index (χ2n) is 3.49. The van der Waals surface area contributed by atoms with Crippen LogP contribution in [-0.2, 0) is 6.42 Å². The largest absolute Gasteiger partial charge is 0.508 e. The number of ether oxygens (including phenoxy) is 1. The van der Waals surface area contributed by atoms with Crippen molar-refractivity contribution in [3.05, 3.63) is 35.9 Å². The fraction of sp³-hybridized carbons (Fsp3) is 0.154. The van der Waals surface area contributed by atoms with Crippen LogP contribution in [0, 0.1) is 11.3 Å². The second-order valence-corrected chi connectivity index (χ2v) is 3.49. The maximum Gasteiger partial charge on any atom is 0.120 e. The molecule has 3 heteroatoms. The fourth-order valence-electron chi connectivity index (χ4n) is 1.74. The van der Waals surface area contributed by atoms with E-state index in [1.807, 2.05) is 24.3 Å². The normalized spacial score (nSPS) is 10.0. The molecule has 0 heterocycles. The van der Waals surface area contributed by atoms with Gasteiger partial charge in [0, 0.05) is 5.56 Å². The number of methoxy groups -OCH3 is 1. The van der Waals surface area contributed by atoms with E-state index in [1.165, 1.54) is 0 Å². The fourth-order valence-corrected chi connectivity index (χ4v) is 1.74. The van der Waals surface area contributed by atoms with E-state index in [2.05, 4.69) is 6.07 Å². The van der Waals surface area contributed by atoms with Crippen molar-refractivity contribution in [1.29, 1.82) is 5.26 Å². The van der Waals surface area contributed by atoms with Crippen molar-refractivity contribution in [3.63, 3.8) is 0 Å². The van der Waals surface area contributed by atoms with Crippen molar-refractivity contribution in [1.82, 2.24) is 0 Å². The third kappa shape index (κ3) is 1.66. The molecule has 0 aliphatic heterocycles. The Hall–Kier alpha value is -2.21. The first-order valence-electron chi connectivity index (χ1n) is 4.92. The van der Waals surface area contributed by atoms with Crippen molar-refractivity contribution in [2.45, 2.75) is 6.42 Å². The van der Waals surface area contributed by atoms with Gasteiger partial charge in [0.15, 0.2) is 0 Å². The number of rotatable bonds is 2. The highest BCUT2D eigenvalue weighted by Crippen LogP contribution is 2.30. The van der Waals surface area contributed by atoms with Crippen LogP contribution in [0.2, 0.25) is 0 Å². The molecule has 0 aliphatic carbocycles. The van der Waals surface area contributed by atoms with Crippen LogP contribution < -0.4 is 4.74 Å². The first-order valence-corrected chi connectivity index (χ1v) is 4.92. The Morgan fingerprint density at radius 1 is 1.31 bits per heavy atom. The minimum atomic E-state index is 0.155. The lowest BCUT2D eigenvalue weighted by Crippen LogP contribution is -1.88. The first kappa shape index (κ1) is 10.3. The number of benzene rings is 2. The molecular weight excluding hydrogens is 202 g/mol. The van der Waals surface area contributed by atoms with Crippen LogP contribution in [-0.4, -0.2) is 12.2 Å². The van der Waals surface area contributed by atoms with Gasteiger partial charge in [-0.3, -0.25) is 0 Å². The molecule has 2 rings (SSSR count). The first-order chi connectivity index (χ1) is 7.76. The Morgan fingerprint density at radius 2 is 2.06 bits per heavy atom. The molecule has 2 aromatic carbocycles. The average molecular weight is 213 g/mol. The van der Waals surface area contributed by atoms with Gasteiger partial charge in [-0.15, -0.1) is 0 Å². The van der Waals surface area contributed by atoms with Gasteiger partial charge >= 0.3 is 0 Å². The van der Waals surface area contributed by atoms with Gasteiger partial charge < -0.3 is 9.84 Å². The molecule has 3 nitrogen and oxygen atoms in total. The zero-order valence-corrected chi connectivity index (χ0v) is 8.90. The van der Waals surface area contributed by atoms with Gasteiger partial charge in [0.2, 0.25) is 0 Å². The lowest BCUT2D eigenvalue weighted by atomic mass is 10.0. The van der Waals surface area contributed by atoms with E-state index >= 15 is 0 Å². The van der Waals surface area contributed by atoms with E-state index in [9.17, 15) is 5.11 Å². The molecule has 1 N–H and O–H groups in total. The summed E-state index contributed by atoms with van der Waals surface area (Å²) >= 11 is 0. The van der Waals surface area contributed by atoms with Gasteiger partial charge in [-0.25, -0.2) is 0 Å². The number of hydrogen-bond acceptors (Lipinski definition) is 3. The van der Waals surface area contributed by atoms with Crippen molar-refractivity contribution in [2.75, 3.05) is 7.11 Å². The van der Waals surface area contributed by atoms with Gasteiger partial charge in [-0.1, -0.05) is 12.1 Å². The van der Waals surface area contributed by atoms with E-state index in [0.717, 1.165) is 16.5 Å². The SMILES string of the molecule is COc1ccc2ccc(O)c(CC#N)c2c1. The molecule has 80 valence electrons. The van der Waals surface area contributed by atoms with Gasteiger partial charge in [0.25, 0.3) is 0 Å². The number of nitriles is 1. The van der Waals surface area contributed by atoms with Gasteiger partial charge in [0.05, 0.1) is 19.6 Å². The highest BCUT2D eigenvalue weighted by molar-refractivity contribution is 5.89. The van der Waals surface area contributed by atoms with E-state index < -0.39 is 0 Å². The van der Waals surface area contributed by atoms with E-state index in [1.54, 1.807) is 13.2 Å². The van der Waals surface area contributed by atoms with E-state index in [0.29, 0.717) is 5.56 Å². The summed E-state index contributed by atoms with van der Waals surface area (Å²) in [6.45, 7) is 0. The van der Waals surface area contributed by atoms with Crippen molar-refractivity contribution < 1.29 is 9.84 Å². The molecule has 0 saturated heterocycles. The summed E-state index contributed by atoms with van der Waals surface area (Å²) in [5, 5.41) is 20.3. The Bertz CT molecular complexity index is 570. The Kier molecular flexibility index (Phi) is 2.65. The zero-order valence-electron chi connectivity index (χ0n) is 8.90. The predicted molar refractivity (Wildman–Crippen MR) is 61.5 cm³/mol. The molecule has 0 atom stereocenters. The van der Waals surface area contributed by atoms with Crippen molar-refractivity contribution in [2.24, 2.45) is 0 Å². The van der Waals surface area contributed by atoms with Crippen LogP contribution >= 0.6 is 0 Å². The summed E-state index contributed by atoms with van der Waals surface area (Å²) in [6, 6.07) is 11.1. The maximum absolute atomic E-state index is 9.71. The molecule has 0 aliphatic rings. The zero-order chi connectivity index (χ0) is 11.5. The molecule has 0 saturated carbocycles. The number of phenolic OH excluding ortho intramolecular Hbond substituents is 1. The summed E-state index contributed by atoms with van der Waals surface area (Å²) in [5.74, 6) is 0.875. The highest BCUT2D eigenvalue weighted by atomic mass is 16.5. The second kappa shape index (κ2) is 4.11. The van der Waals surface area contributed by atoms with Crippen LogP contribution in [0.15, 0.2) is 30.3 Å². The van der Waals surface area contributed by atoms with Crippen molar-refractivity contribution >= 4 is 10.8 Å². The minimum Gasteiger partial charge on any atom is -0.508 e. The molecule has 0 radical (unpaired) electrons. The summed E-state index contributed by atoms with van der Waals surface area (Å²) in [7, 11) is 1.59. The van der Waals surface area contributed by atoms with Gasteiger partial charge in [-0.2, -0.15) is 5.26 Å². The molecule has 2 aromatic rings. The summed E-state index contributed by atoms with van der Waals surface area (Å²) in [5.41, 5.74) is 0.652. The van der Waals surface area contributed by atoms with Crippen LogP contribution in [0.5, 0.6) is 11.5 Å². The number of nitrogens with zero attached hydrogens (tertiary/aromatic N) is 1. The van der Waals surface area contributed by atoms with Crippen LogP contribution in [0.4, 0.5) is 0 Å². The lowest BCUT2D eigenvalue weighted by molar-refractivity contribution is 0.415. The summed E-state index contributed by atoms with van der Waals surface area (Å²) in [6.07, 6.45) is 0.191. The van der Waals surface area contributed by atoms with Crippen LogP contribution in [0.25, 0.3) is 10.8 Å². The molecule has 0 amide bonds. The number of hydrogen-bond donors (Lipinski definition) is 1. The summed E-state index contributed by atoms with van der Waals surface area (Å²) < 4.78 is 5.13. The quantitative estimate of drug-likeness (QED) is 0.834. The van der Waals surface area contributed by atoms with Gasteiger partial charge in [-0.05, 0) is 29.0 Å². The Morgan fingerprint density at radius 3 is 2.75 bits per heavy atom. The molecule has 0 fully saturated rings. The maximum atomic E-state index is 9.71. The highest BCUT2D eigenvalue weighted by Gasteiger charge is 2.07. The third-order valence-electron chi connectivity index (χ3n) is 2.57. The molecule has 0 aromatic heterocycles. The molecule has 0 spiro atoms. The third-order valence-corrected chi connectivity index (χ3v) is 2.57. The van der Waals surface area contributed by atoms with Gasteiger partial charge in [0.1, 0.15) is 11.5 Å². The lowest BCUT2D eigenvalue weighted by Gasteiger charge is -2.07. The van der Waals surface area contributed by atoms with Crippen LogP contribution in [0.3, 0.4) is 0 Å². The molecule has 0 bridgehead atoms. The molecule has 16 heavy (non-hydrogen) atoms. The summed E-state index contributed by atoms with van der Waals surface area (Å²) in [4.78, 5) is 0. The average Bonchev–Trinajstić information content (AvgIpc) is 2.32. The minimum absolute atomic E-state index is 0.155. The standard InChI is InChI=1S/C13H11NO2/c1-16-10-4-2-9-3-5-13(15)11(6-7-14)12(9)8-10/h2-5,8,15H,6H2,1H3. The predicted octanol–water partition coefficient (Wildman–Crippen LogP) is 2.62. The Labute approximate surface area is 93.5 Å². The molecular formula is C13H11NO2. The molecule has 0 unspecified atom stereocenters. The Balaban J connectivity index is 2.73. The number of phenols is 1. The van der Waals surface area contributed by atoms with E-state index in [-0.39, 0.29) is 12.2 Å². The smallest absolute Gasteiger partial charge is 0.120 e. The van der Waals surface area contributed by atoms with Crippen molar-refractivity contribution in [3.8, 4) is 17.6 Å².